The summed E-state index contributed by atoms with van der Waals surface area (Å²) in [4.78, 5) is 10.8. The summed E-state index contributed by atoms with van der Waals surface area (Å²) in [5.74, 6) is 2.20. The van der Waals surface area contributed by atoms with Crippen molar-refractivity contribution >= 4 is 38.7 Å². The number of aliphatic imine (C=N–C) groups is 2. The molecule has 0 saturated carbocycles. The summed E-state index contributed by atoms with van der Waals surface area (Å²) in [6, 6.07) is 31.1. The average Bonchev–Trinajstić information content (AvgIpc) is 3.11. The Morgan fingerprint density at radius 2 is 1.57 bits per heavy atom. The van der Waals surface area contributed by atoms with Crippen LogP contribution in [0.1, 0.15) is 69.5 Å². The maximum atomic E-state index is 5.44. The molecule has 0 saturated heterocycles. The van der Waals surface area contributed by atoms with Gasteiger partial charge in [0.1, 0.15) is 5.84 Å². The Bertz CT molecular complexity index is 2030. The van der Waals surface area contributed by atoms with Crippen molar-refractivity contribution in [2.75, 3.05) is 0 Å². The Morgan fingerprint density at radius 3 is 2.37 bits per heavy atom. The molecule has 3 aliphatic carbocycles. The lowest BCUT2D eigenvalue weighted by molar-refractivity contribution is 0.635. The maximum absolute atomic E-state index is 5.44. The van der Waals surface area contributed by atoms with E-state index in [0.717, 1.165) is 37.9 Å². The fourth-order valence-corrected chi connectivity index (χ4v) is 8.06. The smallest absolute Gasteiger partial charge is 0.131 e. The molecule has 46 heavy (non-hydrogen) atoms. The van der Waals surface area contributed by atoms with Crippen molar-refractivity contribution in [2.45, 2.75) is 58.4 Å². The Morgan fingerprint density at radius 1 is 0.783 bits per heavy atom. The van der Waals surface area contributed by atoms with Gasteiger partial charge in [0.25, 0.3) is 0 Å². The molecule has 0 spiro atoms. The van der Waals surface area contributed by atoms with Gasteiger partial charge in [-0.2, -0.15) is 0 Å². The second-order valence-corrected chi connectivity index (χ2v) is 13.7. The number of fused-ring (bicyclic) bond motifs is 3. The molecule has 4 unspecified atom stereocenters. The van der Waals surface area contributed by atoms with Crippen LogP contribution in [-0.2, 0) is 0 Å². The topological polar surface area (TPSA) is 24.7 Å². The summed E-state index contributed by atoms with van der Waals surface area (Å²) in [6.45, 7) is 4.63. The van der Waals surface area contributed by atoms with Crippen LogP contribution in [0.2, 0.25) is 0 Å². The van der Waals surface area contributed by atoms with Crippen LogP contribution in [0.4, 0.5) is 0 Å². The van der Waals surface area contributed by atoms with Gasteiger partial charge in [0.2, 0.25) is 0 Å². The minimum absolute atomic E-state index is 0.0885. The fraction of sp³-hybridized carbons (Fsp3) is 0.273. The minimum Gasteiger partial charge on any atom is -0.261 e. The van der Waals surface area contributed by atoms with Gasteiger partial charge in [-0.25, -0.2) is 4.99 Å². The SMILES string of the molecule is CC1=CC(C)CC=C1C1C=C(c2cc3ccccc3c3ccccc23)C=C(C2=NC(C3C=CCCC3)=NC(c3ccccc3)C2)C1. The summed E-state index contributed by atoms with van der Waals surface area (Å²) in [5.41, 5.74) is 9.37. The molecule has 0 bridgehead atoms. The van der Waals surface area contributed by atoms with E-state index >= 15 is 0 Å². The first-order chi connectivity index (χ1) is 22.6. The van der Waals surface area contributed by atoms with Crippen LogP contribution >= 0.6 is 0 Å². The molecular formula is C44H42N2. The maximum Gasteiger partial charge on any atom is 0.131 e. The van der Waals surface area contributed by atoms with Crippen LogP contribution in [0.3, 0.4) is 0 Å². The van der Waals surface area contributed by atoms with Gasteiger partial charge in [-0.15, -0.1) is 0 Å². The first-order valence-corrected chi connectivity index (χ1v) is 17.2. The van der Waals surface area contributed by atoms with E-state index in [1.54, 1.807) is 0 Å². The van der Waals surface area contributed by atoms with Gasteiger partial charge >= 0.3 is 0 Å². The molecule has 228 valence electrons. The highest BCUT2D eigenvalue weighted by Crippen LogP contribution is 2.43. The predicted octanol–water partition coefficient (Wildman–Crippen LogP) is 11.6. The molecule has 4 aromatic carbocycles. The lowest BCUT2D eigenvalue weighted by atomic mass is 9.76. The molecule has 2 heteroatoms. The highest BCUT2D eigenvalue weighted by molar-refractivity contribution is 6.15. The molecule has 8 rings (SSSR count). The van der Waals surface area contributed by atoms with Crippen molar-refractivity contribution in [3.05, 3.63) is 149 Å². The molecule has 0 amide bonds. The van der Waals surface area contributed by atoms with Gasteiger partial charge in [0.15, 0.2) is 0 Å². The standard InChI is InChI=1S/C44H42N2/c1-29-21-22-37(30(2)23-29)34-24-35(41-27-33-17-9-10-18-38(33)39-19-11-12-20-40(39)41)26-36(25-34)43-28-42(31-13-5-3-6-14-31)45-44(46-43)32-15-7-4-8-16-32/h3,5-7,9-15,17-20,22-24,26-27,29,32,34,42H,4,8,16,21,25,28H2,1-2H3. The van der Waals surface area contributed by atoms with E-state index in [1.807, 2.05) is 0 Å². The van der Waals surface area contributed by atoms with Gasteiger partial charge in [-0.05, 0) is 106 Å². The summed E-state index contributed by atoms with van der Waals surface area (Å²) in [5, 5.41) is 5.22. The lowest BCUT2D eigenvalue weighted by Crippen LogP contribution is -2.24. The third-order valence-electron chi connectivity index (χ3n) is 10.4. The fourth-order valence-electron chi connectivity index (χ4n) is 8.06. The van der Waals surface area contributed by atoms with E-state index in [4.69, 9.17) is 9.98 Å². The molecule has 0 radical (unpaired) electrons. The van der Waals surface area contributed by atoms with Crippen molar-refractivity contribution in [1.82, 2.24) is 0 Å². The number of allylic oxidation sites excluding steroid dienone is 9. The molecule has 1 heterocycles. The Labute approximate surface area is 273 Å². The zero-order chi connectivity index (χ0) is 31.0. The molecule has 4 aliphatic rings. The number of amidine groups is 1. The molecule has 0 N–H and O–H groups in total. The van der Waals surface area contributed by atoms with E-state index in [2.05, 4.69) is 135 Å². The molecule has 2 nitrogen and oxygen atoms in total. The molecule has 1 aliphatic heterocycles. The summed E-state index contributed by atoms with van der Waals surface area (Å²) >= 11 is 0. The quantitative estimate of drug-likeness (QED) is 0.161. The van der Waals surface area contributed by atoms with Crippen LogP contribution in [0.5, 0.6) is 0 Å². The predicted molar refractivity (Wildman–Crippen MR) is 196 cm³/mol. The number of hydrogen-bond donors (Lipinski definition) is 0. The van der Waals surface area contributed by atoms with E-state index in [-0.39, 0.29) is 6.04 Å². The first kappa shape index (κ1) is 28.9. The van der Waals surface area contributed by atoms with Gasteiger partial charge in [0.05, 0.1) is 6.04 Å². The third kappa shape index (κ3) is 5.55. The summed E-state index contributed by atoms with van der Waals surface area (Å²) in [7, 11) is 0. The molecule has 0 fully saturated rings. The minimum atomic E-state index is 0.0885. The summed E-state index contributed by atoms with van der Waals surface area (Å²) < 4.78 is 0. The van der Waals surface area contributed by atoms with Crippen molar-refractivity contribution in [3.63, 3.8) is 0 Å². The van der Waals surface area contributed by atoms with Crippen LogP contribution in [-0.4, -0.2) is 11.5 Å². The van der Waals surface area contributed by atoms with Crippen molar-refractivity contribution in [3.8, 4) is 0 Å². The Balaban J connectivity index is 1.29. The highest BCUT2D eigenvalue weighted by atomic mass is 15.0. The average molecular weight is 599 g/mol. The Hall–Kier alpha value is -4.56. The van der Waals surface area contributed by atoms with Crippen molar-refractivity contribution in [1.29, 1.82) is 0 Å². The monoisotopic (exact) mass is 598 g/mol. The van der Waals surface area contributed by atoms with Crippen LogP contribution in [0.25, 0.3) is 27.1 Å². The zero-order valence-corrected chi connectivity index (χ0v) is 27.0. The number of rotatable bonds is 5. The van der Waals surface area contributed by atoms with Gasteiger partial charge in [-0.3, -0.25) is 4.99 Å². The molecular weight excluding hydrogens is 556 g/mol. The second kappa shape index (κ2) is 12.3. The third-order valence-corrected chi connectivity index (χ3v) is 10.4. The van der Waals surface area contributed by atoms with E-state index in [9.17, 15) is 0 Å². The van der Waals surface area contributed by atoms with Crippen LogP contribution < -0.4 is 0 Å². The van der Waals surface area contributed by atoms with Crippen molar-refractivity contribution in [2.24, 2.45) is 27.7 Å². The zero-order valence-electron chi connectivity index (χ0n) is 27.0. The van der Waals surface area contributed by atoms with Gasteiger partial charge in [0, 0.05) is 24.0 Å². The summed E-state index contributed by atoms with van der Waals surface area (Å²) in [6.07, 6.45) is 21.1. The van der Waals surface area contributed by atoms with Crippen LogP contribution in [0, 0.1) is 17.8 Å². The number of benzene rings is 4. The van der Waals surface area contributed by atoms with Crippen LogP contribution in [0.15, 0.2) is 148 Å². The molecule has 4 aromatic rings. The largest absolute Gasteiger partial charge is 0.261 e. The Kier molecular flexibility index (Phi) is 7.74. The molecule has 0 aromatic heterocycles. The lowest BCUT2D eigenvalue weighted by Gasteiger charge is -2.31. The normalized spacial score (nSPS) is 24.9. The number of nitrogens with zero attached hydrogens (tertiary/aromatic N) is 2. The van der Waals surface area contributed by atoms with E-state index in [0.29, 0.717) is 17.8 Å². The highest BCUT2D eigenvalue weighted by Gasteiger charge is 2.30. The molecule has 4 atom stereocenters. The van der Waals surface area contributed by atoms with E-state index < -0.39 is 0 Å². The number of hydrogen-bond acceptors (Lipinski definition) is 2. The second-order valence-electron chi connectivity index (χ2n) is 13.7. The van der Waals surface area contributed by atoms with E-state index in [1.165, 1.54) is 67.1 Å². The van der Waals surface area contributed by atoms with Gasteiger partial charge in [-0.1, -0.05) is 122 Å². The van der Waals surface area contributed by atoms with Crippen molar-refractivity contribution < 1.29 is 0 Å². The van der Waals surface area contributed by atoms with Gasteiger partial charge < -0.3 is 0 Å². The first-order valence-electron chi connectivity index (χ1n) is 17.2.